The first kappa shape index (κ1) is 18.7. The highest BCUT2D eigenvalue weighted by Gasteiger charge is 2.13. The van der Waals surface area contributed by atoms with Crippen LogP contribution in [0.25, 0.3) is 0 Å². The molecule has 5 nitrogen and oxygen atoms in total. The molecule has 1 amide bonds. The molecule has 2 aromatic rings. The first-order valence-electron chi connectivity index (χ1n) is 7.03. The molecule has 0 aromatic heterocycles. The third kappa shape index (κ3) is 4.95. The number of hydrogen-bond donors (Lipinski definition) is 2. The Morgan fingerprint density at radius 1 is 1.12 bits per heavy atom. The first-order chi connectivity index (χ1) is 11.2. The van der Waals surface area contributed by atoms with Crippen LogP contribution in [0.2, 0.25) is 10.0 Å². The summed E-state index contributed by atoms with van der Waals surface area (Å²) in [5.41, 5.74) is 1.52. The van der Waals surface area contributed by atoms with Gasteiger partial charge in [-0.15, -0.1) is 0 Å². The monoisotopic (exact) mass is 386 g/mol. The van der Waals surface area contributed by atoms with Gasteiger partial charge in [0.2, 0.25) is 15.9 Å². The number of amides is 1. The number of primary sulfonamides is 1. The maximum atomic E-state index is 12.1. The Balaban J connectivity index is 2.01. The smallest absolute Gasteiger partial charge is 0.238 e. The molecule has 0 aliphatic carbocycles. The van der Waals surface area contributed by atoms with Gasteiger partial charge in [0.15, 0.2) is 0 Å². The van der Waals surface area contributed by atoms with E-state index in [4.69, 9.17) is 28.3 Å². The average molecular weight is 387 g/mol. The quantitative estimate of drug-likeness (QED) is 0.826. The Labute approximate surface area is 150 Å². The lowest BCUT2D eigenvalue weighted by Crippen LogP contribution is -2.28. The molecule has 1 atom stereocenters. The zero-order chi connectivity index (χ0) is 17.9. The molecule has 0 aliphatic rings. The van der Waals surface area contributed by atoms with Crippen LogP contribution in [0.15, 0.2) is 47.4 Å². The van der Waals surface area contributed by atoms with Crippen molar-refractivity contribution in [3.63, 3.8) is 0 Å². The summed E-state index contributed by atoms with van der Waals surface area (Å²) >= 11 is 11.8. The molecule has 0 heterocycles. The third-order valence-electron chi connectivity index (χ3n) is 3.43. The number of sulfonamides is 1. The van der Waals surface area contributed by atoms with Gasteiger partial charge < -0.3 is 5.32 Å². The van der Waals surface area contributed by atoms with Gasteiger partial charge in [-0.25, -0.2) is 13.6 Å². The predicted molar refractivity (Wildman–Crippen MR) is 94.5 cm³/mol. The maximum absolute atomic E-state index is 12.1. The molecule has 8 heteroatoms. The third-order valence-corrected chi connectivity index (χ3v) is 5.10. The summed E-state index contributed by atoms with van der Waals surface area (Å²) in [4.78, 5) is 12.1. The van der Waals surface area contributed by atoms with Crippen molar-refractivity contribution in [3.8, 4) is 0 Å². The van der Waals surface area contributed by atoms with Crippen LogP contribution < -0.4 is 10.5 Å². The number of carbonyl (C=O) groups excluding carboxylic acids is 1. The van der Waals surface area contributed by atoms with E-state index in [1.807, 2.05) is 0 Å². The van der Waals surface area contributed by atoms with E-state index >= 15 is 0 Å². The molecule has 2 rings (SSSR count). The topological polar surface area (TPSA) is 89.3 Å². The standard InChI is InChI=1S/C16H16Cl2N2O3S/c1-10(12-3-5-13(6-4-12)24(19,22)23)20-16(21)9-11-2-7-14(17)15(18)8-11/h2-8,10H,9H2,1H3,(H,20,21)(H2,19,22,23). The second-order valence-corrected chi connectivity index (χ2v) is 7.70. The van der Waals surface area contributed by atoms with Gasteiger partial charge in [0, 0.05) is 0 Å². The highest BCUT2D eigenvalue weighted by molar-refractivity contribution is 7.89. The van der Waals surface area contributed by atoms with E-state index in [2.05, 4.69) is 5.32 Å². The van der Waals surface area contributed by atoms with Crippen molar-refractivity contribution >= 4 is 39.1 Å². The highest BCUT2D eigenvalue weighted by Crippen LogP contribution is 2.23. The molecule has 0 aliphatic heterocycles. The van der Waals surface area contributed by atoms with E-state index in [1.54, 1.807) is 37.3 Å². The molecule has 128 valence electrons. The number of nitrogens with two attached hydrogens (primary N) is 1. The number of nitrogens with one attached hydrogen (secondary N) is 1. The van der Waals surface area contributed by atoms with Gasteiger partial charge in [0.25, 0.3) is 0 Å². The summed E-state index contributed by atoms with van der Waals surface area (Å²) in [6.07, 6.45) is 0.163. The lowest BCUT2D eigenvalue weighted by molar-refractivity contribution is -0.121. The minimum absolute atomic E-state index is 0.0283. The van der Waals surface area contributed by atoms with E-state index in [9.17, 15) is 13.2 Å². The molecule has 0 spiro atoms. The van der Waals surface area contributed by atoms with E-state index < -0.39 is 10.0 Å². The lowest BCUT2D eigenvalue weighted by Gasteiger charge is -2.15. The molecule has 3 N–H and O–H groups in total. The van der Waals surface area contributed by atoms with Crippen molar-refractivity contribution < 1.29 is 13.2 Å². The van der Waals surface area contributed by atoms with E-state index in [-0.39, 0.29) is 23.3 Å². The number of rotatable bonds is 5. The van der Waals surface area contributed by atoms with Crippen LogP contribution in [0, 0.1) is 0 Å². The Morgan fingerprint density at radius 2 is 1.75 bits per heavy atom. The van der Waals surface area contributed by atoms with Crippen molar-refractivity contribution in [1.82, 2.24) is 5.32 Å². The Kier molecular flexibility index (Phi) is 5.87. The number of hydrogen-bond acceptors (Lipinski definition) is 3. The zero-order valence-electron chi connectivity index (χ0n) is 12.8. The molecular formula is C16H16Cl2N2O3S. The largest absolute Gasteiger partial charge is 0.349 e. The average Bonchev–Trinajstić information content (AvgIpc) is 2.50. The fourth-order valence-corrected chi connectivity index (χ4v) is 2.99. The predicted octanol–water partition coefficient (Wildman–Crippen LogP) is 3.06. The van der Waals surface area contributed by atoms with Crippen LogP contribution in [-0.2, 0) is 21.2 Å². The highest BCUT2D eigenvalue weighted by atomic mass is 35.5. The number of benzene rings is 2. The van der Waals surface area contributed by atoms with Gasteiger partial charge in [0.1, 0.15) is 0 Å². The van der Waals surface area contributed by atoms with Crippen LogP contribution in [-0.4, -0.2) is 14.3 Å². The summed E-state index contributed by atoms with van der Waals surface area (Å²) in [5, 5.41) is 8.73. The summed E-state index contributed by atoms with van der Waals surface area (Å²) in [6, 6.07) is 10.8. The first-order valence-corrected chi connectivity index (χ1v) is 9.33. The second-order valence-electron chi connectivity index (χ2n) is 5.33. The molecular weight excluding hydrogens is 371 g/mol. The fraction of sp³-hybridized carbons (Fsp3) is 0.188. The van der Waals surface area contributed by atoms with E-state index in [1.165, 1.54) is 12.1 Å². The SMILES string of the molecule is CC(NC(=O)Cc1ccc(Cl)c(Cl)c1)c1ccc(S(N)(=O)=O)cc1. The Bertz CT molecular complexity index is 852. The molecule has 0 radical (unpaired) electrons. The zero-order valence-corrected chi connectivity index (χ0v) is 15.1. The van der Waals surface area contributed by atoms with Crippen molar-refractivity contribution in [1.29, 1.82) is 0 Å². The lowest BCUT2D eigenvalue weighted by atomic mass is 10.1. The van der Waals surface area contributed by atoms with Gasteiger partial charge in [-0.1, -0.05) is 41.4 Å². The van der Waals surface area contributed by atoms with Gasteiger partial charge in [-0.2, -0.15) is 0 Å². The van der Waals surface area contributed by atoms with Gasteiger partial charge in [-0.05, 0) is 42.3 Å². The minimum atomic E-state index is -3.73. The van der Waals surface area contributed by atoms with Gasteiger partial charge in [0.05, 0.1) is 27.4 Å². The number of halogens is 2. The van der Waals surface area contributed by atoms with Gasteiger partial charge in [-0.3, -0.25) is 4.79 Å². The Morgan fingerprint density at radius 3 is 2.29 bits per heavy atom. The van der Waals surface area contributed by atoms with Crippen molar-refractivity contribution in [2.75, 3.05) is 0 Å². The molecule has 1 unspecified atom stereocenters. The second kappa shape index (κ2) is 7.53. The summed E-state index contributed by atoms with van der Waals surface area (Å²) in [6.45, 7) is 1.80. The molecule has 0 fully saturated rings. The summed E-state index contributed by atoms with van der Waals surface area (Å²) < 4.78 is 22.5. The van der Waals surface area contributed by atoms with Crippen LogP contribution in [0.3, 0.4) is 0 Å². The molecule has 24 heavy (non-hydrogen) atoms. The minimum Gasteiger partial charge on any atom is -0.349 e. The molecule has 0 saturated heterocycles. The van der Waals surface area contributed by atoms with Crippen LogP contribution in [0.5, 0.6) is 0 Å². The van der Waals surface area contributed by atoms with Gasteiger partial charge >= 0.3 is 0 Å². The normalized spacial score (nSPS) is 12.7. The Hall–Kier alpha value is -1.60. The summed E-state index contributed by atoms with van der Waals surface area (Å²) in [5.74, 6) is -0.184. The van der Waals surface area contributed by atoms with Crippen molar-refractivity contribution in [2.24, 2.45) is 5.14 Å². The molecule has 2 aromatic carbocycles. The van der Waals surface area contributed by atoms with E-state index in [0.717, 1.165) is 11.1 Å². The van der Waals surface area contributed by atoms with Crippen molar-refractivity contribution in [3.05, 3.63) is 63.6 Å². The number of carbonyl (C=O) groups is 1. The summed E-state index contributed by atoms with van der Waals surface area (Å²) in [7, 11) is -3.73. The van der Waals surface area contributed by atoms with E-state index in [0.29, 0.717) is 10.0 Å². The molecule has 0 bridgehead atoms. The van der Waals surface area contributed by atoms with Crippen LogP contribution >= 0.6 is 23.2 Å². The fourth-order valence-electron chi connectivity index (χ4n) is 2.16. The van der Waals surface area contributed by atoms with Crippen LogP contribution in [0.4, 0.5) is 0 Å². The molecule has 0 saturated carbocycles. The van der Waals surface area contributed by atoms with Crippen LogP contribution in [0.1, 0.15) is 24.1 Å². The maximum Gasteiger partial charge on any atom is 0.238 e. The van der Waals surface area contributed by atoms with Crippen molar-refractivity contribution in [2.45, 2.75) is 24.3 Å².